The molecule has 0 bridgehead atoms. The van der Waals surface area contributed by atoms with Crippen LogP contribution in [0.3, 0.4) is 0 Å². The van der Waals surface area contributed by atoms with Gasteiger partial charge in [-0.15, -0.1) is 0 Å². The van der Waals surface area contributed by atoms with Gasteiger partial charge in [0.2, 0.25) is 5.95 Å². The molecule has 3 fully saturated rings. The van der Waals surface area contributed by atoms with Gasteiger partial charge in [-0.3, -0.25) is 4.79 Å². The molecule has 0 atom stereocenters. The largest absolute Gasteiger partial charge is 0.347 e. The molecular weight excluding hydrogens is 322 g/mol. The smallest absolute Gasteiger partial charge is 0.272 e. The Hall–Kier alpha value is -1.77. The van der Waals surface area contributed by atoms with Gasteiger partial charge in [0.15, 0.2) is 5.79 Å². The summed E-state index contributed by atoms with van der Waals surface area (Å²) in [6, 6.07) is 1.71. The van der Waals surface area contributed by atoms with E-state index in [1.165, 1.54) is 0 Å². The van der Waals surface area contributed by atoms with Crippen LogP contribution in [0, 0.1) is 0 Å². The van der Waals surface area contributed by atoms with Crippen LogP contribution in [0.2, 0.25) is 0 Å². The van der Waals surface area contributed by atoms with Crippen LogP contribution in [0.1, 0.15) is 23.3 Å². The molecule has 1 aromatic heterocycles. The quantitative estimate of drug-likeness (QED) is 0.757. The first-order chi connectivity index (χ1) is 12.2. The molecule has 4 heterocycles. The Morgan fingerprint density at radius 1 is 1.08 bits per heavy atom. The van der Waals surface area contributed by atoms with Crippen LogP contribution in [-0.2, 0) is 9.47 Å². The summed E-state index contributed by atoms with van der Waals surface area (Å²) in [5.41, 5.74) is 0.475. The van der Waals surface area contributed by atoms with Crippen LogP contribution in [0.25, 0.3) is 0 Å². The third-order valence-corrected chi connectivity index (χ3v) is 5.27. The molecular formula is C17H25N5O3. The minimum absolute atomic E-state index is 0.00677. The Morgan fingerprint density at radius 3 is 2.44 bits per heavy atom. The SMILES string of the molecule is CN1CCN(C(=O)c2ccnc(N3CCC4(CC3)OCCO4)n2)CC1. The molecule has 8 heteroatoms. The summed E-state index contributed by atoms with van der Waals surface area (Å²) < 4.78 is 11.5. The summed E-state index contributed by atoms with van der Waals surface area (Å²) >= 11 is 0. The number of hydrogen-bond acceptors (Lipinski definition) is 7. The number of hydrogen-bond donors (Lipinski definition) is 0. The number of amides is 1. The third-order valence-electron chi connectivity index (χ3n) is 5.27. The number of piperidine rings is 1. The van der Waals surface area contributed by atoms with Crippen LogP contribution in [-0.4, -0.2) is 91.0 Å². The number of aromatic nitrogens is 2. The van der Waals surface area contributed by atoms with Crippen molar-refractivity contribution in [3.63, 3.8) is 0 Å². The van der Waals surface area contributed by atoms with Crippen molar-refractivity contribution in [1.29, 1.82) is 0 Å². The first-order valence-electron chi connectivity index (χ1n) is 8.99. The Morgan fingerprint density at radius 2 is 1.76 bits per heavy atom. The summed E-state index contributed by atoms with van der Waals surface area (Å²) in [4.78, 5) is 27.8. The Balaban J connectivity index is 1.42. The topological polar surface area (TPSA) is 71.0 Å². The second-order valence-electron chi connectivity index (χ2n) is 6.93. The number of carbonyl (C=O) groups is 1. The molecule has 0 unspecified atom stereocenters. The van der Waals surface area contributed by atoms with Gasteiger partial charge in [-0.25, -0.2) is 9.97 Å². The number of carbonyl (C=O) groups excluding carboxylic acids is 1. The second-order valence-corrected chi connectivity index (χ2v) is 6.93. The van der Waals surface area contributed by atoms with Gasteiger partial charge in [-0.1, -0.05) is 0 Å². The van der Waals surface area contributed by atoms with Gasteiger partial charge >= 0.3 is 0 Å². The lowest BCUT2D eigenvalue weighted by Gasteiger charge is -2.37. The lowest BCUT2D eigenvalue weighted by atomic mass is 10.0. The minimum Gasteiger partial charge on any atom is -0.347 e. The first-order valence-corrected chi connectivity index (χ1v) is 8.99. The van der Waals surface area contributed by atoms with Crippen LogP contribution < -0.4 is 4.90 Å². The Bertz CT molecular complexity index is 616. The first kappa shape index (κ1) is 16.7. The van der Waals surface area contributed by atoms with E-state index in [1.807, 2.05) is 4.90 Å². The summed E-state index contributed by atoms with van der Waals surface area (Å²) in [5, 5.41) is 0. The zero-order valence-corrected chi connectivity index (χ0v) is 14.7. The highest BCUT2D eigenvalue weighted by atomic mass is 16.7. The monoisotopic (exact) mass is 347 g/mol. The zero-order chi connectivity index (χ0) is 17.3. The second kappa shape index (κ2) is 6.86. The summed E-state index contributed by atoms with van der Waals surface area (Å²) in [7, 11) is 2.07. The van der Waals surface area contributed by atoms with E-state index < -0.39 is 5.79 Å². The van der Waals surface area contributed by atoms with Crippen molar-refractivity contribution in [1.82, 2.24) is 19.8 Å². The number of piperazine rings is 1. The molecule has 0 aromatic carbocycles. The van der Waals surface area contributed by atoms with Crippen LogP contribution in [0.5, 0.6) is 0 Å². The molecule has 0 aliphatic carbocycles. The van der Waals surface area contributed by atoms with E-state index in [-0.39, 0.29) is 5.91 Å². The van der Waals surface area contributed by atoms with Gasteiger partial charge in [-0.2, -0.15) is 0 Å². The van der Waals surface area contributed by atoms with E-state index in [0.717, 1.165) is 52.1 Å². The fourth-order valence-electron chi connectivity index (χ4n) is 3.62. The minimum atomic E-state index is -0.413. The van der Waals surface area contributed by atoms with Crippen molar-refractivity contribution in [2.24, 2.45) is 0 Å². The summed E-state index contributed by atoms with van der Waals surface area (Å²) in [5.74, 6) is 0.199. The standard InChI is InChI=1S/C17H25N5O3/c1-20-8-10-21(11-9-20)15(23)14-2-5-18-16(19-14)22-6-3-17(4-7-22)24-12-13-25-17/h2,5H,3-4,6-13H2,1H3. The highest BCUT2D eigenvalue weighted by Crippen LogP contribution is 2.32. The van der Waals surface area contributed by atoms with Crippen molar-refractivity contribution in [2.45, 2.75) is 18.6 Å². The molecule has 0 saturated carbocycles. The molecule has 136 valence electrons. The van der Waals surface area contributed by atoms with Crippen molar-refractivity contribution in [2.75, 3.05) is 64.4 Å². The van der Waals surface area contributed by atoms with Crippen LogP contribution in [0.15, 0.2) is 12.3 Å². The normalized spacial score (nSPS) is 24.0. The van der Waals surface area contributed by atoms with Crippen molar-refractivity contribution in [3.05, 3.63) is 18.0 Å². The number of likely N-dealkylation sites (N-methyl/N-ethyl adjacent to an activating group) is 1. The fourth-order valence-corrected chi connectivity index (χ4v) is 3.62. The molecule has 25 heavy (non-hydrogen) atoms. The van der Waals surface area contributed by atoms with E-state index >= 15 is 0 Å². The van der Waals surface area contributed by atoms with Crippen molar-refractivity contribution in [3.8, 4) is 0 Å². The molecule has 1 aromatic rings. The molecule has 0 radical (unpaired) electrons. The van der Waals surface area contributed by atoms with Gasteiger partial charge in [0.05, 0.1) is 13.2 Å². The molecule has 3 aliphatic rings. The van der Waals surface area contributed by atoms with E-state index in [0.29, 0.717) is 24.9 Å². The maximum absolute atomic E-state index is 12.7. The summed E-state index contributed by atoms with van der Waals surface area (Å²) in [6.07, 6.45) is 3.28. The van der Waals surface area contributed by atoms with Crippen LogP contribution >= 0.6 is 0 Å². The Kier molecular flexibility index (Phi) is 4.58. The van der Waals surface area contributed by atoms with E-state index in [1.54, 1.807) is 12.3 Å². The molecule has 0 N–H and O–H groups in total. The van der Waals surface area contributed by atoms with E-state index in [4.69, 9.17) is 9.47 Å². The zero-order valence-electron chi connectivity index (χ0n) is 14.7. The fraction of sp³-hybridized carbons (Fsp3) is 0.706. The Labute approximate surface area is 147 Å². The van der Waals surface area contributed by atoms with Crippen molar-refractivity contribution >= 4 is 11.9 Å². The lowest BCUT2D eigenvalue weighted by molar-refractivity contribution is -0.169. The van der Waals surface area contributed by atoms with Gasteiger partial charge in [0, 0.05) is 58.3 Å². The lowest BCUT2D eigenvalue weighted by Crippen LogP contribution is -2.47. The molecule has 1 spiro atoms. The van der Waals surface area contributed by atoms with Gasteiger partial charge in [-0.05, 0) is 13.1 Å². The molecule has 3 saturated heterocycles. The summed E-state index contributed by atoms with van der Waals surface area (Å²) in [6.45, 7) is 6.18. The predicted octanol–water partition coefficient (Wildman–Crippen LogP) is 0.208. The van der Waals surface area contributed by atoms with Crippen molar-refractivity contribution < 1.29 is 14.3 Å². The van der Waals surface area contributed by atoms with Gasteiger partial charge < -0.3 is 24.2 Å². The van der Waals surface area contributed by atoms with E-state index in [2.05, 4.69) is 26.8 Å². The highest BCUT2D eigenvalue weighted by Gasteiger charge is 2.40. The average Bonchev–Trinajstić information content (AvgIpc) is 3.10. The molecule has 8 nitrogen and oxygen atoms in total. The number of rotatable bonds is 2. The number of ether oxygens (including phenoxy) is 2. The maximum atomic E-state index is 12.7. The van der Waals surface area contributed by atoms with Crippen LogP contribution in [0.4, 0.5) is 5.95 Å². The third kappa shape index (κ3) is 3.47. The maximum Gasteiger partial charge on any atom is 0.272 e. The number of anilines is 1. The molecule has 3 aliphatic heterocycles. The average molecular weight is 347 g/mol. The number of nitrogens with zero attached hydrogens (tertiary/aromatic N) is 5. The predicted molar refractivity (Wildman–Crippen MR) is 91.5 cm³/mol. The van der Waals surface area contributed by atoms with E-state index in [9.17, 15) is 4.79 Å². The molecule has 4 rings (SSSR count). The highest BCUT2D eigenvalue weighted by molar-refractivity contribution is 5.92. The molecule has 1 amide bonds. The van der Waals surface area contributed by atoms with Gasteiger partial charge in [0.1, 0.15) is 5.69 Å². The van der Waals surface area contributed by atoms with Gasteiger partial charge in [0.25, 0.3) is 5.91 Å².